The number of hydrogen-bond donors (Lipinski definition) is 0. The van der Waals surface area contributed by atoms with E-state index in [1.807, 2.05) is 6.08 Å². The fourth-order valence-electron chi connectivity index (χ4n) is 1.48. The Balaban J connectivity index is 2.32. The Hall–Kier alpha value is 0.0900. The monoisotopic (exact) mass is 216 g/mol. The Morgan fingerprint density at radius 2 is 1.86 bits per heavy atom. The fourth-order valence-corrected chi connectivity index (χ4v) is 3.04. The average molecular weight is 216 g/mol. The lowest BCUT2D eigenvalue weighted by Crippen LogP contribution is -2.33. The minimum Gasteiger partial charge on any atom is -0.333 e. The standard InChI is InChI=1S/C11H21O2P/c1-4-7-8-14-12-9-11(5-2,6-3)10-13-14/h4H,1,5-10H2,2-3H3. The van der Waals surface area contributed by atoms with Gasteiger partial charge in [0.05, 0.1) is 13.2 Å². The van der Waals surface area contributed by atoms with Crippen LogP contribution in [-0.4, -0.2) is 19.4 Å². The van der Waals surface area contributed by atoms with Gasteiger partial charge in [0.25, 0.3) is 0 Å². The van der Waals surface area contributed by atoms with Crippen LogP contribution in [0.4, 0.5) is 0 Å². The van der Waals surface area contributed by atoms with E-state index < -0.39 is 8.38 Å². The highest BCUT2D eigenvalue weighted by atomic mass is 31.2. The Kier molecular flexibility index (Phi) is 5.08. The topological polar surface area (TPSA) is 18.5 Å². The molecule has 2 nitrogen and oxygen atoms in total. The maximum atomic E-state index is 5.77. The van der Waals surface area contributed by atoms with Crippen LogP contribution in [-0.2, 0) is 9.05 Å². The molecule has 0 amide bonds. The molecular weight excluding hydrogens is 195 g/mol. The Labute approximate surface area is 88.6 Å². The average Bonchev–Trinajstić information content (AvgIpc) is 2.27. The van der Waals surface area contributed by atoms with Gasteiger partial charge in [-0.15, -0.1) is 6.58 Å². The molecule has 0 spiro atoms. The van der Waals surface area contributed by atoms with E-state index in [9.17, 15) is 0 Å². The van der Waals surface area contributed by atoms with Crippen molar-refractivity contribution >= 4 is 8.38 Å². The summed E-state index contributed by atoms with van der Waals surface area (Å²) >= 11 is 0. The van der Waals surface area contributed by atoms with Crippen LogP contribution in [0.5, 0.6) is 0 Å². The molecule has 3 heteroatoms. The lowest BCUT2D eigenvalue weighted by atomic mass is 9.84. The quantitative estimate of drug-likeness (QED) is 0.515. The Morgan fingerprint density at radius 3 is 2.29 bits per heavy atom. The second-order valence-corrected chi connectivity index (χ2v) is 5.52. The minimum atomic E-state index is -0.619. The van der Waals surface area contributed by atoms with Crippen LogP contribution in [0.2, 0.25) is 0 Å². The summed E-state index contributed by atoms with van der Waals surface area (Å²) in [4.78, 5) is 0. The van der Waals surface area contributed by atoms with Gasteiger partial charge in [0, 0.05) is 11.6 Å². The predicted molar refractivity (Wildman–Crippen MR) is 61.5 cm³/mol. The molecule has 1 fully saturated rings. The van der Waals surface area contributed by atoms with Crippen molar-refractivity contribution in [2.45, 2.75) is 33.1 Å². The molecule has 0 aromatic rings. The third kappa shape index (κ3) is 3.05. The lowest BCUT2D eigenvalue weighted by Gasteiger charge is -2.38. The van der Waals surface area contributed by atoms with Crippen LogP contribution in [0.15, 0.2) is 12.7 Å². The molecule has 0 bridgehead atoms. The highest BCUT2D eigenvalue weighted by Crippen LogP contribution is 2.48. The third-order valence-electron chi connectivity index (χ3n) is 3.05. The van der Waals surface area contributed by atoms with Crippen LogP contribution in [0.1, 0.15) is 33.1 Å². The smallest absolute Gasteiger partial charge is 0.170 e. The summed E-state index contributed by atoms with van der Waals surface area (Å²) in [5.41, 5.74) is 0.285. The number of hydrogen-bond acceptors (Lipinski definition) is 2. The third-order valence-corrected chi connectivity index (χ3v) is 4.50. The number of rotatable bonds is 5. The zero-order chi connectivity index (χ0) is 10.4. The van der Waals surface area contributed by atoms with Gasteiger partial charge in [-0.3, -0.25) is 0 Å². The lowest BCUT2D eigenvalue weighted by molar-refractivity contribution is 0.0284. The molecule has 0 atom stereocenters. The first kappa shape index (κ1) is 12.2. The molecule has 82 valence electrons. The van der Waals surface area contributed by atoms with E-state index in [2.05, 4.69) is 20.4 Å². The van der Waals surface area contributed by atoms with Gasteiger partial charge in [-0.25, -0.2) is 0 Å². The van der Waals surface area contributed by atoms with E-state index in [1.54, 1.807) is 0 Å². The van der Waals surface area contributed by atoms with Crippen LogP contribution < -0.4 is 0 Å². The van der Waals surface area contributed by atoms with Crippen molar-refractivity contribution in [1.82, 2.24) is 0 Å². The van der Waals surface area contributed by atoms with Gasteiger partial charge >= 0.3 is 0 Å². The summed E-state index contributed by atoms with van der Waals surface area (Å²) in [6.07, 6.45) is 6.22. The molecule has 0 aromatic carbocycles. The summed E-state index contributed by atoms with van der Waals surface area (Å²) in [5.74, 6) is 0. The van der Waals surface area contributed by atoms with Crippen molar-refractivity contribution < 1.29 is 9.05 Å². The van der Waals surface area contributed by atoms with Gasteiger partial charge in [0.2, 0.25) is 0 Å². The van der Waals surface area contributed by atoms with Crippen molar-refractivity contribution in [3.63, 3.8) is 0 Å². The Bertz CT molecular complexity index is 168. The van der Waals surface area contributed by atoms with Crippen molar-refractivity contribution in [1.29, 1.82) is 0 Å². The van der Waals surface area contributed by atoms with Crippen molar-refractivity contribution in [2.75, 3.05) is 19.4 Å². The SMILES string of the molecule is C=CCCP1OCC(CC)(CC)CO1. The first-order valence-electron chi connectivity index (χ1n) is 5.40. The molecule has 0 radical (unpaired) electrons. The van der Waals surface area contributed by atoms with E-state index in [-0.39, 0.29) is 5.41 Å². The summed E-state index contributed by atoms with van der Waals surface area (Å²) in [7, 11) is -0.619. The highest BCUT2D eigenvalue weighted by molar-refractivity contribution is 7.47. The molecular formula is C11H21O2P. The zero-order valence-electron chi connectivity index (χ0n) is 9.29. The van der Waals surface area contributed by atoms with Crippen LogP contribution >= 0.6 is 8.38 Å². The van der Waals surface area contributed by atoms with Gasteiger partial charge in [0.15, 0.2) is 8.38 Å². The predicted octanol–water partition coefficient (Wildman–Crippen LogP) is 3.73. The Morgan fingerprint density at radius 1 is 1.29 bits per heavy atom. The normalized spacial score (nSPS) is 22.1. The second-order valence-electron chi connectivity index (χ2n) is 3.89. The molecule has 1 aliphatic rings. The molecule has 1 aliphatic heterocycles. The van der Waals surface area contributed by atoms with E-state index in [4.69, 9.17) is 9.05 Å². The largest absolute Gasteiger partial charge is 0.333 e. The summed E-state index contributed by atoms with van der Waals surface area (Å²) in [6.45, 7) is 9.89. The zero-order valence-corrected chi connectivity index (χ0v) is 10.2. The van der Waals surface area contributed by atoms with Crippen LogP contribution in [0.3, 0.4) is 0 Å². The van der Waals surface area contributed by atoms with Gasteiger partial charge in [-0.2, -0.15) is 0 Å². The van der Waals surface area contributed by atoms with Crippen LogP contribution in [0, 0.1) is 5.41 Å². The molecule has 14 heavy (non-hydrogen) atoms. The molecule has 0 aromatic heterocycles. The highest BCUT2D eigenvalue weighted by Gasteiger charge is 2.33. The van der Waals surface area contributed by atoms with Crippen LogP contribution in [0.25, 0.3) is 0 Å². The fraction of sp³-hybridized carbons (Fsp3) is 0.818. The maximum absolute atomic E-state index is 5.77. The summed E-state index contributed by atoms with van der Waals surface area (Å²) < 4.78 is 11.5. The molecule has 0 aliphatic carbocycles. The molecule has 1 heterocycles. The van der Waals surface area contributed by atoms with E-state index in [0.717, 1.165) is 38.6 Å². The summed E-state index contributed by atoms with van der Waals surface area (Å²) in [5, 5.41) is 0. The second kappa shape index (κ2) is 5.85. The van der Waals surface area contributed by atoms with Crippen molar-refractivity contribution in [2.24, 2.45) is 5.41 Å². The van der Waals surface area contributed by atoms with E-state index >= 15 is 0 Å². The van der Waals surface area contributed by atoms with E-state index in [0.29, 0.717) is 0 Å². The van der Waals surface area contributed by atoms with Gasteiger partial charge in [0.1, 0.15) is 0 Å². The maximum Gasteiger partial charge on any atom is 0.170 e. The van der Waals surface area contributed by atoms with Gasteiger partial charge < -0.3 is 9.05 Å². The molecule has 1 saturated heterocycles. The van der Waals surface area contributed by atoms with Gasteiger partial charge in [-0.1, -0.05) is 19.9 Å². The minimum absolute atomic E-state index is 0.285. The first-order valence-corrected chi connectivity index (χ1v) is 6.77. The molecule has 0 N–H and O–H groups in total. The van der Waals surface area contributed by atoms with E-state index in [1.165, 1.54) is 0 Å². The molecule has 0 unspecified atom stereocenters. The molecule has 0 saturated carbocycles. The number of allylic oxidation sites excluding steroid dienone is 1. The van der Waals surface area contributed by atoms with Crippen molar-refractivity contribution in [3.8, 4) is 0 Å². The first-order chi connectivity index (χ1) is 6.76. The summed E-state index contributed by atoms with van der Waals surface area (Å²) in [6, 6.07) is 0. The van der Waals surface area contributed by atoms with Gasteiger partial charge in [-0.05, 0) is 19.3 Å². The van der Waals surface area contributed by atoms with Crippen molar-refractivity contribution in [3.05, 3.63) is 12.7 Å². The molecule has 1 rings (SSSR count).